The summed E-state index contributed by atoms with van der Waals surface area (Å²) in [6.07, 6.45) is 0.813. The molecule has 1 heterocycles. The average molecular weight is 280 g/mol. The summed E-state index contributed by atoms with van der Waals surface area (Å²) < 4.78 is 19.0. The van der Waals surface area contributed by atoms with Crippen LogP contribution in [0.5, 0.6) is 0 Å². The molecule has 0 radical (unpaired) electrons. The first-order valence-corrected chi connectivity index (χ1v) is 6.76. The van der Waals surface area contributed by atoms with Gasteiger partial charge in [-0.15, -0.1) is 0 Å². The van der Waals surface area contributed by atoms with Gasteiger partial charge in [-0.05, 0) is 50.6 Å². The van der Waals surface area contributed by atoms with Gasteiger partial charge in [0.25, 0.3) is 0 Å². The SMILES string of the molecule is COC(=O)c1cc(C2CC(CN)CN2C)c(F)cc1C. The van der Waals surface area contributed by atoms with E-state index in [0.717, 1.165) is 13.0 Å². The number of benzene rings is 1. The van der Waals surface area contributed by atoms with E-state index >= 15 is 0 Å². The third-order valence-electron chi connectivity index (χ3n) is 4.08. The van der Waals surface area contributed by atoms with E-state index in [9.17, 15) is 9.18 Å². The molecule has 110 valence electrons. The summed E-state index contributed by atoms with van der Waals surface area (Å²) >= 11 is 0. The molecule has 1 fully saturated rings. The number of ether oxygens (including phenoxy) is 1. The molecule has 0 amide bonds. The smallest absolute Gasteiger partial charge is 0.338 e. The standard InChI is InChI=1S/C15H21FN2O2/c1-9-4-13(16)12(6-11(9)15(19)20-3)14-5-10(7-17)8-18(14)2/h4,6,10,14H,5,7-8,17H2,1-3H3. The third-order valence-corrected chi connectivity index (χ3v) is 4.08. The molecule has 20 heavy (non-hydrogen) atoms. The van der Waals surface area contributed by atoms with Crippen molar-refractivity contribution < 1.29 is 13.9 Å². The van der Waals surface area contributed by atoms with E-state index < -0.39 is 5.97 Å². The molecule has 0 aliphatic carbocycles. The lowest BCUT2D eigenvalue weighted by molar-refractivity contribution is 0.0599. The lowest BCUT2D eigenvalue weighted by atomic mass is 9.95. The molecule has 2 atom stereocenters. The maximum atomic E-state index is 14.2. The number of likely N-dealkylation sites (tertiary alicyclic amines) is 1. The highest BCUT2D eigenvalue weighted by molar-refractivity contribution is 5.91. The Bertz CT molecular complexity index is 519. The largest absolute Gasteiger partial charge is 0.465 e. The Morgan fingerprint density at radius 3 is 2.80 bits per heavy atom. The van der Waals surface area contributed by atoms with Crippen LogP contribution >= 0.6 is 0 Å². The first kappa shape index (κ1) is 14.9. The zero-order valence-corrected chi connectivity index (χ0v) is 12.1. The molecule has 5 heteroatoms. The Morgan fingerprint density at radius 1 is 1.55 bits per heavy atom. The summed E-state index contributed by atoms with van der Waals surface area (Å²) in [7, 11) is 3.29. The van der Waals surface area contributed by atoms with Gasteiger partial charge in [-0.25, -0.2) is 9.18 Å². The molecule has 0 spiro atoms. The van der Waals surface area contributed by atoms with Crippen LogP contribution < -0.4 is 5.73 Å². The zero-order valence-electron chi connectivity index (χ0n) is 12.1. The van der Waals surface area contributed by atoms with Crippen LogP contribution in [0.15, 0.2) is 12.1 Å². The van der Waals surface area contributed by atoms with Crippen LogP contribution in [-0.2, 0) is 4.74 Å². The van der Waals surface area contributed by atoms with Gasteiger partial charge in [0.1, 0.15) is 5.82 Å². The second kappa shape index (κ2) is 5.89. The summed E-state index contributed by atoms with van der Waals surface area (Å²) in [5, 5.41) is 0. The fourth-order valence-corrected chi connectivity index (χ4v) is 2.91. The summed E-state index contributed by atoms with van der Waals surface area (Å²) in [5.74, 6) is -0.336. The lowest BCUT2D eigenvalue weighted by Gasteiger charge is -2.21. The first-order valence-electron chi connectivity index (χ1n) is 6.76. The molecule has 0 bridgehead atoms. The number of hydrogen-bond acceptors (Lipinski definition) is 4. The summed E-state index contributed by atoms with van der Waals surface area (Å²) in [5.41, 5.74) is 7.27. The van der Waals surface area contributed by atoms with Crippen LogP contribution in [0.25, 0.3) is 0 Å². The predicted molar refractivity (Wildman–Crippen MR) is 75.0 cm³/mol. The predicted octanol–water partition coefficient (Wildman–Crippen LogP) is 1.87. The molecular formula is C15H21FN2O2. The van der Waals surface area contributed by atoms with Crippen molar-refractivity contribution in [2.45, 2.75) is 19.4 Å². The second-order valence-corrected chi connectivity index (χ2v) is 5.47. The maximum absolute atomic E-state index is 14.2. The number of esters is 1. The van der Waals surface area contributed by atoms with Gasteiger partial charge < -0.3 is 10.5 Å². The molecule has 2 unspecified atom stereocenters. The van der Waals surface area contributed by atoms with Crippen molar-refractivity contribution in [1.29, 1.82) is 0 Å². The Hall–Kier alpha value is -1.46. The minimum Gasteiger partial charge on any atom is -0.465 e. The highest BCUT2D eigenvalue weighted by Gasteiger charge is 2.32. The van der Waals surface area contributed by atoms with E-state index in [1.807, 2.05) is 7.05 Å². The van der Waals surface area contributed by atoms with E-state index in [1.54, 1.807) is 13.0 Å². The molecule has 1 aromatic carbocycles. The molecule has 0 saturated carbocycles. The van der Waals surface area contributed by atoms with Crippen LogP contribution in [0.2, 0.25) is 0 Å². The molecule has 2 N–H and O–H groups in total. The van der Waals surface area contributed by atoms with Crippen molar-refractivity contribution in [2.75, 3.05) is 27.2 Å². The normalized spacial score (nSPS) is 23.1. The van der Waals surface area contributed by atoms with Crippen molar-refractivity contribution in [2.24, 2.45) is 11.7 Å². The van der Waals surface area contributed by atoms with Gasteiger partial charge >= 0.3 is 5.97 Å². The van der Waals surface area contributed by atoms with Crippen LogP contribution in [-0.4, -0.2) is 38.1 Å². The Kier molecular flexibility index (Phi) is 4.40. The molecule has 1 aliphatic rings. The van der Waals surface area contributed by atoms with Gasteiger partial charge in [-0.1, -0.05) is 0 Å². The fraction of sp³-hybridized carbons (Fsp3) is 0.533. The maximum Gasteiger partial charge on any atom is 0.338 e. The second-order valence-electron chi connectivity index (χ2n) is 5.47. The van der Waals surface area contributed by atoms with Crippen molar-refractivity contribution in [1.82, 2.24) is 4.90 Å². The van der Waals surface area contributed by atoms with E-state index in [-0.39, 0.29) is 11.9 Å². The van der Waals surface area contributed by atoms with Gasteiger partial charge in [-0.2, -0.15) is 0 Å². The topological polar surface area (TPSA) is 55.6 Å². The van der Waals surface area contributed by atoms with Crippen molar-refractivity contribution in [3.63, 3.8) is 0 Å². The first-order chi connectivity index (χ1) is 9.47. The summed E-state index contributed by atoms with van der Waals surface area (Å²) in [6, 6.07) is 2.99. The van der Waals surface area contributed by atoms with Crippen LogP contribution in [0.1, 0.15) is 33.9 Å². The molecule has 1 saturated heterocycles. The number of nitrogens with zero attached hydrogens (tertiary/aromatic N) is 1. The molecule has 0 aromatic heterocycles. The third kappa shape index (κ3) is 2.69. The van der Waals surface area contributed by atoms with Gasteiger partial charge in [0.2, 0.25) is 0 Å². The molecular weight excluding hydrogens is 259 g/mol. The highest BCUT2D eigenvalue weighted by atomic mass is 19.1. The van der Waals surface area contributed by atoms with Gasteiger partial charge in [0.15, 0.2) is 0 Å². The van der Waals surface area contributed by atoms with E-state index in [1.165, 1.54) is 13.2 Å². The zero-order chi connectivity index (χ0) is 14.9. The van der Waals surface area contributed by atoms with Gasteiger partial charge in [0.05, 0.1) is 12.7 Å². The van der Waals surface area contributed by atoms with Crippen LogP contribution in [0.3, 0.4) is 0 Å². The highest BCUT2D eigenvalue weighted by Crippen LogP contribution is 2.36. The monoisotopic (exact) mass is 280 g/mol. The lowest BCUT2D eigenvalue weighted by Crippen LogP contribution is -2.21. The minimum atomic E-state index is -0.431. The molecule has 1 aromatic rings. The number of halogens is 1. The number of rotatable bonds is 3. The number of nitrogens with two attached hydrogens (primary N) is 1. The van der Waals surface area contributed by atoms with Gasteiger partial charge in [-0.3, -0.25) is 4.90 Å². The van der Waals surface area contributed by atoms with E-state index in [2.05, 4.69) is 4.90 Å². The van der Waals surface area contributed by atoms with E-state index in [0.29, 0.717) is 29.2 Å². The molecule has 1 aliphatic heterocycles. The van der Waals surface area contributed by atoms with Crippen molar-refractivity contribution in [3.8, 4) is 0 Å². The number of methoxy groups -OCH3 is 1. The number of aryl methyl sites for hydroxylation is 1. The Balaban J connectivity index is 2.39. The van der Waals surface area contributed by atoms with Crippen LogP contribution in [0, 0.1) is 18.7 Å². The summed E-state index contributed by atoms with van der Waals surface area (Å²) in [4.78, 5) is 13.8. The Morgan fingerprint density at radius 2 is 2.25 bits per heavy atom. The number of carbonyl (C=O) groups is 1. The van der Waals surface area contributed by atoms with Crippen LogP contribution in [0.4, 0.5) is 4.39 Å². The number of carbonyl (C=O) groups excluding carboxylic acids is 1. The van der Waals surface area contributed by atoms with Crippen molar-refractivity contribution >= 4 is 5.97 Å². The van der Waals surface area contributed by atoms with Crippen molar-refractivity contribution in [3.05, 3.63) is 34.6 Å². The minimum absolute atomic E-state index is 0.0347. The average Bonchev–Trinajstić information content (AvgIpc) is 2.79. The summed E-state index contributed by atoms with van der Waals surface area (Å²) in [6.45, 7) is 3.15. The quantitative estimate of drug-likeness (QED) is 0.859. The van der Waals surface area contributed by atoms with Gasteiger partial charge in [0, 0.05) is 18.2 Å². The fourth-order valence-electron chi connectivity index (χ4n) is 2.91. The van der Waals surface area contributed by atoms with E-state index in [4.69, 9.17) is 10.5 Å². The number of hydrogen-bond donors (Lipinski definition) is 1. The molecule has 4 nitrogen and oxygen atoms in total. The Labute approximate surface area is 118 Å². The molecule has 2 rings (SSSR count).